The molecule has 0 saturated heterocycles. The Morgan fingerprint density at radius 1 is 1.06 bits per heavy atom. The molecule has 5 heteroatoms. The van der Waals surface area contributed by atoms with Gasteiger partial charge in [-0.15, -0.1) is 0 Å². The van der Waals surface area contributed by atoms with Gasteiger partial charge >= 0.3 is 11.9 Å². The Kier molecular flexibility index (Phi) is 4.35. The summed E-state index contributed by atoms with van der Waals surface area (Å²) >= 11 is 0. The van der Waals surface area contributed by atoms with E-state index in [1.807, 2.05) is 0 Å². The number of hydrogen-bond acceptors (Lipinski definition) is 5. The molecule has 0 amide bonds. The average molecular weight is 236 g/mol. The Hall–Kier alpha value is -2.22. The molecule has 5 nitrogen and oxygen atoms in total. The Morgan fingerprint density at radius 2 is 1.65 bits per heavy atom. The molecule has 0 unspecified atom stereocenters. The summed E-state index contributed by atoms with van der Waals surface area (Å²) in [7, 11) is 3.88. The highest BCUT2D eigenvalue weighted by Crippen LogP contribution is 2.18. The van der Waals surface area contributed by atoms with Gasteiger partial charge in [-0.2, -0.15) is 0 Å². The molecule has 0 radical (unpaired) electrons. The van der Waals surface area contributed by atoms with Crippen LogP contribution in [-0.4, -0.2) is 33.3 Å². The number of carbonyl (C=O) groups excluding carboxylic acids is 2. The Bertz CT molecular complexity index is 380. The summed E-state index contributed by atoms with van der Waals surface area (Å²) in [6.45, 7) is 0. The van der Waals surface area contributed by atoms with Crippen molar-refractivity contribution in [2.24, 2.45) is 0 Å². The van der Waals surface area contributed by atoms with Crippen LogP contribution < -0.4 is 4.74 Å². The molecule has 0 fully saturated rings. The summed E-state index contributed by atoms with van der Waals surface area (Å²) in [5.74, 6) is -2.09. The predicted molar refractivity (Wildman–Crippen MR) is 57.4 cm³/mol. The Balaban J connectivity index is 3.04. The lowest BCUT2D eigenvalue weighted by Crippen LogP contribution is -2.24. The Labute approximate surface area is 99.3 Å². The van der Waals surface area contributed by atoms with Crippen molar-refractivity contribution < 1.29 is 23.8 Å². The lowest BCUT2D eigenvalue weighted by atomic mass is 10.0. The van der Waals surface area contributed by atoms with Gasteiger partial charge in [-0.3, -0.25) is 9.59 Å². The number of rotatable bonds is 4. The third-order valence-electron chi connectivity index (χ3n) is 2.15. The third kappa shape index (κ3) is 2.88. The van der Waals surface area contributed by atoms with Crippen molar-refractivity contribution in [1.82, 2.24) is 0 Å². The standard InChI is InChI=1S/C12H12O5/c1-15-9-6-4-8(5-7-9)10(11(13)16-2)12(14)17-3/h4,6,10H,1-3H3. The largest absolute Gasteiger partial charge is 0.489 e. The first-order chi connectivity index (χ1) is 8.13. The van der Waals surface area contributed by atoms with Crippen molar-refractivity contribution in [3.05, 3.63) is 29.8 Å². The first-order valence-electron chi connectivity index (χ1n) is 4.77. The lowest BCUT2D eigenvalue weighted by Gasteiger charge is -2.10. The summed E-state index contributed by atoms with van der Waals surface area (Å²) in [6.07, 6.45) is 0. The zero-order valence-corrected chi connectivity index (χ0v) is 9.77. The highest BCUT2D eigenvalue weighted by atomic mass is 16.5. The fraction of sp³-hybridized carbons (Fsp3) is 0.333. The first kappa shape index (κ1) is 12.8. The van der Waals surface area contributed by atoms with E-state index in [2.05, 4.69) is 21.6 Å². The van der Waals surface area contributed by atoms with Crippen LogP contribution in [0.3, 0.4) is 0 Å². The fourth-order valence-electron chi connectivity index (χ4n) is 1.26. The number of hydrogen-bond donors (Lipinski definition) is 0. The summed E-state index contributed by atoms with van der Waals surface area (Å²) in [6, 6.07) is 8.44. The van der Waals surface area contributed by atoms with Crippen LogP contribution in [-0.2, 0) is 19.1 Å². The topological polar surface area (TPSA) is 61.8 Å². The van der Waals surface area contributed by atoms with Gasteiger partial charge in [0.05, 0.1) is 21.3 Å². The van der Waals surface area contributed by atoms with Gasteiger partial charge in [-0.25, -0.2) is 0 Å². The van der Waals surface area contributed by atoms with Crippen LogP contribution in [0.5, 0.6) is 5.75 Å². The molecular formula is C12H12O5. The van der Waals surface area contributed by atoms with Crippen LogP contribution in [0.1, 0.15) is 11.5 Å². The molecule has 0 bridgehead atoms. The van der Waals surface area contributed by atoms with E-state index in [4.69, 9.17) is 4.74 Å². The van der Waals surface area contributed by atoms with Gasteiger partial charge in [-0.05, 0) is 18.2 Å². The molecule has 0 aromatic heterocycles. The van der Waals surface area contributed by atoms with Gasteiger partial charge in [0.25, 0.3) is 0 Å². The predicted octanol–water partition coefficient (Wildman–Crippen LogP) is 0.725. The van der Waals surface area contributed by atoms with Crippen LogP contribution in [0.25, 0.3) is 0 Å². The lowest BCUT2D eigenvalue weighted by molar-refractivity contribution is -0.154. The van der Waals surface area contributed by atoms with E-state index in [0.29, 0.717) is 11.3 Å². The molecular weight excluding hydrogens is 224 g/mol. The molecule has 1 aromatic rings. The van der Waals surface area contributed by atoms with E-state index >= 15 is 0 Å². The molecule has 0 aliphatic rings. The van der Waals surface area contributed by atoms with Gasteiger partial charge in [-0.1, -0.05) is 6.07 Å². The Morgan fingerprint density at radius 3 is 2.00 bits per heavy atom. The van der Waals surface area contributed by atoms with E-state index < -0.39 is 17.9 Å². The zero-order chi connectivity index (χ0) is 12.8. The molecule has 0 N–H and O–H groups in total. The molecule has 0 spiro atoms. The normalized spacial score (nSPS) is 9.41. The van der Waals surface area contributed by atoms with Crippen molar-refractivity contribution in [3.8, 4) is 5.75 Å². The van der Waals surface area contributed by atoms with Crippen molar-refractivity contribution in [1.29, 1.82) is 0 Å². The number of esters is 2. The second kappa shape index (κ2) is 5.75. The van der Waals surface area contributed by atoms with E-state index in [1.165, 1.54) is 27.4 Å². The van der Waals surface area contributed by atoms with Crippen molar-refractivity contribution in [3.63, 3.8) is 0 Å². The summed E-state index contributed by atoms with van der Waals surface area (Å²) in [5.41, 5.74) is 0.324. The molecule has 1 aromatic carbocycles. The number of methoxy groups -OCH3 is 3. The smallest absolute Gasteiger partial charge is 0.325 e. The second-order valence-corrected chi connectivity index (χ2v) is 3.09. The molecule has 0 atom stereocenters. The van der Waals surface area contributed by atoms with Crippen LogP contribution in [0.2, 0.25) is 0 Å². The van der Waals surface area contributed by atoms with E-state index in [9.17, 15) is 9.59 Å². The molecule has 0 saturated carbocycles. The molecule has 90 valence electrons. The number of carbonyl (C=O) groups is 2. The van der Waals surface area contributed by atoms with Crippen molar-refractivity contribution >= 4 is 11.9 Å². The van der Waals surface area contributed by atoms with E-state index in [-0.39, 0.29) is 0 Å². The highest BCUT2D eigenvalue weighted by Gasteiger charge is 2.30. The third-order valence-corrected chi connectivity index (χ3v) is 2.15. The molecule has 0 aliphatic heterocycles. The van der Waals surface area contributed by atoms with Crippen LogP contribution in [0, 0.1) is 12.1 Å². The quantitative estimate of drug-likeness (QED) is 0.569. The van der Waals surface area contributed by atoms with Gasteiger partial charge < -0.3 is 14.2 Å². The van der Waals surface area contributed by atoms with E-state index in [1.54, 1.807) is 6.07 Å². The van der Waals surface area contributed by atoms with Crippen molar-refractivity contribution in [2.45, 2.75) is 5.92 Å². The second-order valence-electron chi connectivity index (χ2n) is 3.09. The maximum Gasteiger partial charge on any atom is 0.325 e. The molecule has 0 heterocycles. The van der Waals surface area contributed by atoms with E-state index in [0.717, 1.165) is 0 Å². The summed E-state index contributed by atoms with van der Waals surface area (Å²) < 4.78 is 14.0. The fourth-order valence-corrected chi connectivity index (χ4v) is 1.26. The molecule has 0 aliphatic carbocycles. The summed E-state index contributed by atoms with van der Waals surface area (Å²) in [4.78, 5) is 23.0. The van der Waals surface area contributed by atoms with Crippen LogP contribution in [0.15, 0.2) is 12.1 Å². The van der Waals surface area contributed by atoms with Gasteiger partial charge in [0.2, 0.25) is 0 Å². The maximum atomic E-state index is 11.5. The van der Waals surface area contributed by atoms with Gasteiger partial charge in [0.15, 0.2) is 11.7 Å². The first-order valence-corrected chi connectivity index (χ1v) is 4.77. The minimum Gasteiger partial charge on any atom is -0.489 e. The highest BCUT2D eigenvalue weighted by molar-refractivity contribution is 6.00. The van der Waals surface area contributed by atoms with Crippen LogP contribution >= 0.6 is 0 Å². The van der Waals surface area contributed by atoms with Crippen molar-refractivity contribution in [2.75, 3.05) is 21.3 Å². The number of ether oxygens (including phenoxy) is 3. The molecule has 17 heavy (non-hydrogen) atoms. The minimum atomic E-state index is -1.15. The maximum absolute atomic E-state index is 11.5. The van der Waals surface area contributed by atoms with Crippen LogP contribution in [0.4, 0.5) is 0 Å². The zero-order valence-electron chi connectivity index (χ0n) is 9.77. The monoisotopic (exact) mass is 236 g/mol. The molecule has 1 rings (SSSR count). The average Bonchev–Trinajstić information content (AvgIpc) is 2.39. The summed E-state index contributed by atoms with van der Waals surface area (Å²) in [5, 5.41) is 0. The minimum absolute atomic E-state index is 0.324. The SMILES string of the molecule is COC(=O)C(C(=O)OC)c1c#cc(OC)cc1. The van der Waals surface area contributed by atoms with Gasteiger partial charge in [0, 0.05) is 5.56 Å². The van der Waals surface area contributed by atoms with Gasteiger partial charge in [0.1, 0.15) is 0 Å².